The fourth-order valence-electron chi connectivity index (χ4n) is 3.15. The maximum Gasteiger partial charge on any atom is 0.237 e. The van der Waals surface area contributed by atoms with Crippen molar-refractivity contribution in [3.63, 3.8) is 0 Å². The largest absolute Gasteiger partial charge is 0.504 e. The number of rotatable bonds is 6. The third-order valence-corrected chi connectivity index (χ3v) is 5.82. The summed E-state index contributed by atoms with van der Waals surface area (Å²) >= 11 is 1.46. The average molecular weight is 457 g/mol. The minimum absolute atomic E-state index is 0.00229. The van der Waals surface area contributed by atoms with E-state index in [9.17, 15) is 14.3 Å². The number of carbonyl (C=O) groups is 1. The van der Waals surface area contributed by atoms with Gasteiger partial charge in [-0.3, -0.25) is 4.79 Å². The minimum Gasteiger partial charge on any atom is -0.504 e. The van der Waals surface area contributed by atoms with Crippen molar-refractivity contribution in [2.45, 2.75) is 4.90 Å². The average Bonchev–Trinajstić information content (AvgIpc) is 2.78. The Morgan fingerprint density at radius 2 is 1.97 bits per heavy atom. The van der Waals surface area contributed by atoms with Crippen LogP contribution in [0.25, 0.3) is 0 Å². The first-order valence-corrected chi connectivity index (χ1v) is 10.4. The molecule has 0 bridgehead atoms. The maximum atomic E-state index is 14.4. The molecule has 0 spiro atoms. The van der Waals surface area contributed by atoms with Gasteiger partial charge >= 0.3 is 0 Å². The molecule has 1 amide bonds. The topological polar surface area (TPSA) is 109 Å². The summed E-state index contributed by atoms with van der Waals surface area (Å²) in [6.07, 6.45) is 1.03. The number of nitrogens with zero attached hydrogens (tertiary/aromatic N) is 3. The van der Waals surface area contributed by atoms with Crippen LogP contribution >= 0.6 is 11.8 Å². The van der Waals surface area contributed by atoms with Crippen LogP contribution in [-0.4, -0.2) is 48.0 Å². The quantitative estimate of drug-likeness (QED) is 0.508. The van der Waals surface area contributed by atoms with Gasteiger partial charge in [-0.1, -0.05) is 0 Å². The molecule has 3 N–H and O–H groups in total. The number of benzene rings is 2. The second kappa shape index (κ2) is 8.79. The first kappa shape index (κ1) is 21.5. The van der Waals surface area contributed by atoms with Crippen LogP contribution < -0.4 is 25.0 Å². The molecule has 4 rings (SSSR count). The smallest absolute Gasteiger partial charge is 0.237 e. The highest BCUT2D eigenvalue weighted by Gasteiger charge is 2.22. The summed E-state index contributed by atoms with van der Waals surface area (Å²) in [6, 6.07) is 8.42. The number of aromatic hydroxyl groups is 1. The Bertz CT molecular complexity index is 1190. The van der Waals surface area contributed by atoms with Gasteiger partial charge in [0.25, 0.3) is 0 Å². The fraction of sp³-hybridized carbons (Fsp3) is 0.190. The highest BCUT2D eigenvalue weighted by Crippen LogP contribution is 2.40. The summed E-state index contributed by atoms with van der Waals surface area (Å²) in [5.41, 5.74) is 1.73. The summed E-state index contributed by atoms with van der Waals surface area (Å²) in [5, 5.41) is 16.0. The van der Waals surface area contributed by atoms with Crippen LogP contribution in [0.3, 0.4) is 0 Å². The number of thioether (sulfide) groups is 1. The Hall–Kier alpha value is -3.73. The Morgan fingerprint density at radius 3 is 2.72 bits per heavy atom. The number of phenolic OH excluding ortho intramolecular Hbond substituents is 1. The number of hydrogen-bond donors (Lipinski definition) is 3. The van der Waals surface area contributed by atoms with Crippen molar-refractivity contribution >= 4 is 46.5 Å². The Labute approximate surface area is 187 Å². The van der Waals surface area contributed by atoms with Gasteiger partial charge in [-0.2, -0.15) is 4.98 Å². The van der Waals surface area contributed by atoms with Crippen molar-refractivity contribution < 1.29 is 23.8 Å². The molecule has 32 heavy (non-hydrogen) atoms. The summed E-state index contributed by atoms with van der Waals surface area (Å²) in [5.74, 6) is 0.138. The first-order chi connectivity index (χ1) is 15.4. The summed E-state index contributed by atoms with van der Waals surface area (Å²) < 4.78 is 24.7. The molecule has 0 atom stereocenters. The van der Waals surface area contributed by atoms with Crippen LogP contribution in [0.1, 0.15) is 0 Å². The van der Waals surface area contributed by atoms with Crippen molar-refractivity contribution in [1.29, 1.82) is 0 Å². The van der Waals surface area contributed by atoms with Crippen molar-refractivity contribution in [2.75, 3.05) is 42.6 Å². The molecule has 0 aliphatic carbocycles. The number of hydrogen-bond acceptors (Lipinski definition) is 9. The highest BCUT2D eigenvalue weighted by atomic mass is 32.2. The van der Waals surface area contributed by atoms with E-state index in [-0.39, 0.29) is 29.2 Å². The Morgan fingerprint density at radius 1 is 1.16 bits per heavy atom. The van der Waals surface area contributed by atoms with Crippen molar-refractivity contribution in [1.82, 2.24) is 9.97 Å². The van der Waals surface area contributed by atoms with E-state index in [4.69, 9.17) is 9.47 Å². The van der Waals surface area contributed by atoms with E-state index in [0.29, 0.717) is 22.9 Å². The van der Waals surface area contributed by atoms with Crippen LogP contribution in [0.4, 0.5) is 33.2 Å². The molecule has 1 aliphatic rings. The summed E-state index contributed by atoms with van der Waals surface area (Å²) in [7, 11) is 4.56. The van der Waals surface area contributed by atoms with E-state index in [0.717, 1.165) is 16.8 Å². The monoisotopic (exact) mass is 457 g/mol. The molecule has 11 heteroatoms. The molecule has 166 valence electrons. The Kier molecular flexibility index (Phi) is 5.91. The molecule has 2 aromatic carbocycles. The third kappa shape index (κ3) is 4.19. The standard InChI is InChI=1S/C21H20FN5O4S/c1-27-14-6-11(4-5-17(14)32-10-18(27)29)24-20-13(22)9-23-21(26-20)25-12-7-15(28)19(31-3)16(8-12)30-2/h4-9,28H,10H2,1-3H3,(H2,23,24,25,26). The van der Waals surface area contributed by atoms with Gasteiger partial charge in [0.15, 0.2) is 23.1 Å². The zero-order chi connectivity index (χ0) is 22.8. The number of methoxy groups -OCH3 is 2. The lowest BCUT2D eigenvalue weighted by atomic mass is 10.2. The van der Waals surface area contributed by atoms with Crippen LogP contribution in [0.2, 0.25) is 0 Å². The molecule has 0 fully saturated rings. The number of ether oxygens (including phenoxy) is 2. The molecule has 0 unspecified atom stereocenters. The van der Waals surface area contributed by atoms with E-state index in [1.165, 1.54) is 32.0 Å². The molecule has 0 saturated heterocycles. The predicted octanol–water partition coefficient (Wildman–Crippen LogP) is 3.89. The van der Waals surface area contributed by atoms with Crippen LogP contribution in [-0.2, 0) is 4.79 Å². The number of carbonyl (C=O) groups excluding carboxylic acids is 1. The minimum atomic E-state index is -0.651. The zero-order valence-corrected chi connectivity index (χ0v) is 18.3. The molecule has 2 heterocycles. The number of amides is 1. The lowest BCUT2D eigenvalue weighted by Gasteiger charge is -2.25. The van der Waals surface area contributed by atoms with Gasteiger partial charge < -0.3 is 30.1 Å². The summed E-state index contributed by atoms with van der Waals surface area (Å²) in [4.78, 5) is 22.6. The molecule has 0 saturated carbocycles. The molecule has 0 radical (unpaired) electrons. The van der Waals surface area contributed by atoms with Gasteiger partial charge in [-0.05, 0) is 18.2 Å². The number of halogens is 1. The number of anilines is 5. The van der Waals surface area contributed by atoms with Crippen molar-refractivity contribution in [3.8, 4) is 17.2 Å². The molecule has 1 aromatic heterocycles. The fourth-order valence-corrected chi connectivity index (χ4v) is 4.13. The maximum absolute atomic E-state index is 14.4. The van der Waals surface area contributed by atoms with Gasteiger partial charge in [-0.15, -0.1) is 11.8 Å². The summed E-state index contributed by atoms with van der Waals surface area (Å²) in [6.45, 7) is 0. The number of fused-ring (bicyclic) bond motifs is 1. The second-order valence-electron chi connectivity index (χ2n) is 6.79. The number of aromatic nitrogens is 2. The molecular formula is C21H20FN5O4S. The molecule has 1 aliphatic heterocycles. The van der Waals surface area contributed by atoms with Crippen LogP contribution in [0, 0.1) is 5.82 Å². The highest BCUT2D eigenvalue weighted by molar-refractivity contribution is 8.00. The lowest BCUT2D eigenvalue weighted by molar-refractivity contribution is -0.116. The lowest BCUT2D eigenvalue weighted by Crippen LogP contribution is -2.31. The number of nitrogens with one attached hydrogen (secondary N) is 2. The van der Waals surface area contributed by atoms with E-state index >= 15 is 0 Å². The van der Waals surface area contributed by atoms with Crippen molar-refractivity contribution in [3.05, 3.63) is 42.3 Å². The SMILES string of the molecule is COc1cc(Nc2ncc(F)c(Nc3ccc4c(c3)N(C)C(=O)CS4)n2)cc(O)c1OC. The number of phenols is 1. The first-order valence-electron chi connectivity index (χ1n) is 9.44. The second-order valence-corrected chi connectivity index (χ2v) is 7.81. The molecule has 9 nitrogen and oxygen atoms in total. The van der Waals surface area contributed by atoms with Gasteiger partial charge in [0.05, 0.1) is 31.9 Å². The predicted molar refractivity (Wildman–Crippen MR) is 120 cm³/mol. The van der Waals surface area contributed by atoms with Crippen molar-refractivity contribution in [2.24, 2.45) is 0 Å². The van der Waals surface area contributed by atoms with Crippen LogP contribution in [0.15, 0.2) is 41.4 Å². The third-order valence-electron chi connectivity index (χ3n) is 4.77. The zero-order valence-electron chi connectivity index (χ0n) is 17.5. The van der Waals surface area contributed by atoms with Gasteiger partial charge in [0.1, 0.15) is 0 Å². The Balaban J connectivity index is 1.59. The van der Waals surface area contributed by atoms with E-state index < -0.39 is 5.82 Å². The van der Waals surface area contributed by atoms with Gasteiger partial charge in [-0.25, -0.2) is 9.37 Å². The van der Waals surface area contributed by atoms with Gasteiger partial charge in [0, 0.05) is 35.5 Å². The molecule has 3 aromatic rings. The normalized spacial score (nSPS) is 12.9. The van der Waals surface area contributed by atoms with E-state index in [1.54, 1.807) is 30.1 Å². The molecular weight excluding hydrogens is 437 g/mol. The van der Waals surface area contributed by atoms with E-state index in [2.05, 4.69) is 20.6 Å². The van der Waals surface area contributed by atoms with Gasteiger partial charge in [0.2, 0.25) is 17.6 Å². The van der Waals surface area contributed by atoms with Crippen LogP contribution in [0.5, 0.6) is 17.2 Å². The van der Waals surface area contributed by atoms with E-state index in [1.807, 2.05) is 6.07 Å².